The molecule has 0 aliphatic carbocycles. The van der Waals surface area contributed by atoms with Crippen molar-refractivity contribution in [2.75, 3.05) is 6.54 Å². The first-order valence-corrected chi connectivity index (χ1v) is 8.23. The van der Waals surface area contributed by atoms with Crippen molar-refractivity contribution in [2.45, 2.75) is 13.5 Å². The lowest BCUT2D eigenvalue weighted by Crippen LogP contribution is -2.40. The molecule has 0 bridgehead atoms. The summed E-state index contributed by atoms with van der Waals surface area (Å²) in [5.74, 6) is -1.25. The molecule has 3 amide bonds. The molecule has 3 rings (SSSR count). The lowest BCUT2D eigenvalue weighted by atomic mass is 10.1. The number of imide groups is 1. The minimum absolute atomic E-state index is 0.282. The van der Waals surface area contributed by atoms with Gasteiger partial charge in [-0.05, 0) is 36.2 Å². The number of amides is 3. The Morgan fingerprint density at radius 1 is 1.08 bits per heavy atom. The highest BCUT2D eigenvalue weighted by atomic mass is 79.9. The van der Waals surface area contributed by atoms with Gasteiger partial charge in [-0.15, -0.1) is 0 Å². The van der Waals surface area contributed by atoms with Crippen LogP contribution in [-0.2, 0) is 11.3 Å². The van der Waals surface area contributed by atoms with Gasteiger partial charge in [-0.3, -0.25) is 19.3 Å². The molecule has 0 fully saturated rings. The fraction of sp³-hybridized carbons (Fsp3) is 0.167. The molecule has 0 saturated carbocycles. The number of aryl methyl sites for hydroxylation is 1. The molecule has 1 heterocycles. The van der Waals surface area contributed by atoms with Gasteiger partial charge in [0.2, 0.25) is 5.91 Å². The maximum atomic E-state index is 12.3. The number of benzene rings is 2. The molecule has 5 nitrogen and oxygen atoms in total. The number of hydrogen-bond donors (Lipinski definition) is 1. The lowest BCUT2D eigenvalue weighted by molar-refractivity contribution is -0.121. The van der Waals surface area contributed by atoms with E-state index in [1.54, 1.807) is 18.2 Å². The van der Waals surface area contributed by atoms with Crippen LogP contribution in [0.25, 0.3) is 0 Å². The first kappa shape index (κ1) is 16.4. The second-order valence-corrected chi connectivity index (χ2v) is 6.51. The molecule has 2 aromatic rings. The van der Waals surface area contributed by atoms with Gasteiger partial charge in [-0.2, -0.15) is 0 Å². The van der Waals surface area contributed by atoms with Gasteiger partial charge in [-0.1, -0.05) is 40.2 Å². The Labute approximate surface area is 147 Å². The van der Waals surface area contributed by atoms with E-state index in [1.165, 1.54) is 0 Å². The third-order valence-corrected chi connectivity index (χ3v) is 4.46. The molecule has 0 spiro atoms. The van der Waals surface area contributed by atoms with E-state index in [0.717, 1.165) is 16.0 Å². The number of hydrogen-bond acceptors (Lipinski definition) is 3. The van der Waals surface area contributed by atoms with Crippen molar-refractivity contribution in [1.82, 2.24) is 10.2 Å². The second kappa shape index (κ2) is 6.57. The third kappa shape index (κ3) is 3.10. The summed E-state index contributed by atoms with van der Waals surface area (Å²) in [5.41, 5.74) is 2.72. The summed E-state index contributed by atoms with van der Waals surface area (Å²) in [6.07, 6.45) is 0. The molecular weight excluding hydrogens is 372 g/mol. The fourth-order valence-corrected chi connectivity index (χ4v) is 2.97. The summed E-state index contributed by atoms with van der Waals surface area (Å²) in [6.45, 7) is 2.04. The third-order valence-electron chi connectivity index (χ3n) is 3.97. The normalized spacial score (nSPS) is 13.2. The Morgan fingerprint density at radius 3 is 2.54 bits per heavy atom. The van der Waals surface area contributed by atoms with Crippen molar-refractivity contribution in [3.8, 4) is 0 Å². The predicted molar refractivity (Wildman–Crippen MR) is 92.5 cm³/mol. The average Bonchev–Trinajstić information content (AvgIpc) is 2.79. The number of nitrogens with zero attached hydrogens (tertiary/aromatic N) is 1. The number of carbonyl (C=O) groups is 3. The van der Waals surface area contributed by atoms with Crippen molar-refractivity contribution >= 4 is 33.7 Å². The van der Waals surface area contributed by atoms with E-state index in [1.807, 2.05) is 31.2 Å². The Morgan fingerprint density at radius 2 is 1.79 bits per heavy atom. The van der Waals surface area contributed by atoms with Crippen LogP contribution < -0.4 is 5.32 Å². The quantitative estimate of drug-likeness (QED) is 0.821. The summed E-state index contributed by atoms with van der Waals surface area (Å²) in [7, 11) is 0. The zero-order valence-electron chi connectivity index (χ0n) is 13.0. The zero-order valence-corrected chi connectivity index (χ0v) is 14.6. The number of fused-ring (bicyclic) bond motifs is 1. The fourth-order valence-electron chi connectivity index (χ4n) is 2.61. The topological polar surface area (TPSA) is 66.5 Å². The van der Waals surface area contributed by atoms with Crippen LogP contribution in [0.15, 0.2) is 46.9 Å². The molecule has 0 aromatic heterocycles. The van der Waals surface area contributed by atoms with E-state index >= 15 is 0 Å². The van der Waals surface area contributed by atoms with Crippen LogP contribution in [0.1, 0.15) is 31.8 Å². The molecular formula is C18H15BrN2O3. The maximum Gasteiger partial charge on any atom is 0.262 e. The Hall–Kier alpha value is -2.47. The molecule has 1 aliphatic rings. The van der Waals surface area contributed by atoms with Gasteiger partial charge in [0.15, 0.2) is 0 Å². The smallest absolute Gasteiger partial charge is 0.262 e. The molecule has 122 valence electrons. The summed E-state index contributed by atoms with van der Waals surface area (Å²) in [4.78, 5) is 37.7. The Bertz CT molecular complexity index is 848. The first-order chi connectivity index (χ1) is 11.5. The van der Waals surface area contributed by atoms with Gasteiger partial charge in [0.1, 0.15) is 6.54 Å². The van der Waals surface area contributed by atoms with E-state index < -0.39 is 11.8 Å². The van der Waals surface area contributed by atoms with Crippen LogP contribution >= 0.6 is 15.9 Å². The molecule has 0 radical (unpaired) electrons. The van der Waals surface area contributed by atoms with Gasteiger partial charge < -0.3 is 5.32 Å². The highest BCUT2D eigenvalue weighted by molar-refractivity contribution is 9.10. The SMILES string of the molecule is Cc1ccccc1CNC(=O)CN1C(=O)c2ccc(Br)cc2C1=O. The van der Waals surface area contributed by atoms with Gasteiger partial charge in [0.25, 0.3) is 11.8 Å². The van der Waals surface area contributed by atoms with Gasteiger partial charge in [-0.25, -0.2) is 0 Å². The number of halogens is 1. The second-order valence-electron chi connectivity index (χ2n) is 5.59. The monoisotopic (exact) mass is 386 g/mol. The van der Waals surface area contributed by atoms with Crippen molar-refractivity contribution < 1.29 is 14.4 Å². The van der Waals surface area contributed by atoms with Crippen molar-refractivity contribution in [1.29, 1.82) is 0 Å². The molecule has 1 N–H and O–H groups in total. The van der Waals surface area contributed by atoms with Crippen LogP contribution in [-0.4, -0.2) is 29.2 Å². The summed E-state index contributed by atoms with van der Waals surface area (Å²) < 4.78 is 0.716. The molecule has 0 saturated heterocycles. The predicted octanol–water partition coefficient (Wildman–Crippen LogP) is 2.67. The number of carbonyl (C=O) groups excluding carboxylic acids is 3. The zero-order chi connectivity index (χ0) is 17.3. The summed E-state index contributed by atoms with van der Waals surface area (Å²) in [6, 6.07) is 12.6. The van der Waals surface area contributed by atoms with Crippen LogP contribution in [0.4, 0.5) is 0 Å². The largest absolute Gasteiger partial charge is 0.350 e. The van der Waals surface area contributed by atoms with E-state index in [2.05, 4.69) is 21.2 Å². The highest BCUT2D eigenvalue weighted by Crippen LogP contribution is 2.25. The summed E-state index contributed by atoms with van der Waals surface area (Å²) in [5, 5.41) is 2.75. The standard InChI is InChI=1S/C18H15BrN2O3/c1-11-4-2-3-5-12(11)9-20-16(22)10-21-17(23)14-7-6-13(19)8-15(14)18(21)24/h2-8H,9-10H2,1H3,(H,20,22). The molecule has 6 heteroatoms. The van der Waals surface area contributed by atoms with E-state index in [0.29, 0.717) is 22.1 Å². The minimum atomic E-state index is -0.442. The van der Waals surface area contributed by atoms with Crippen LogP contribution in [0.3, 0.4) is 0 Å². The lowest BCUT2D eigenvalue weighted by Gasteiger charge is -2.14. The molecule has 1 aliphatic heterocycles. The Kier molecular flexibility index (Phi) is 4.49. The van der Waals surface area contributed by atoms with E-state index in [4.69, 9.17) is 0 Å². The van der Waals surface area contributed by atoms with Crippen molar-refractivity contribution in [3.05, 3.63) is 69.2 Å². The molecule has 24 heavy (non-hydrogen) atoms. The highest BCUT2D eigenvalue weighted by Gasteiger charge is 2.36. The Balaban J connectivity index is 1.66. The van der Waals surface area contributed by atoms with Crippen LogP contribution in [0.5, 0.6) is 0 Å². The van der Waals surface area contributed by atoms with Gasteiger partial charge in [0, 0.05) is 11.0 Å². The van der Waals surface area contributed by atoms with Crippen LogP contribution in [0, 0.1) is 6.92 Å². The molecule has 0 atom stereocenters. The molecule has 2 aromatic carbocycles. The summed E-state index contributed by atoms with van der Waals surface area (Å²) >= 11 is 3.28. The van der Waals surface area contributed by atoms with E-state index in [-0.39, 0.29) is 12.5 Å². The molecule has 0 unspecified atom stereocenters. The first-order valence-electron chi connectivity index (χ1n) is 7.44. The minimum Gasteiger partial charge on any atom is -0.350 e. The van der Waals surface area contributed by atoms with Crippen molar-refractivity contribution in [3.63, 3.8) is 0 Å². The maximum absolute atomic E-state index is 12.3. The van der Waals surface area contributed by atoms with Crippen molar-refractivity contribution in [2.24, 2.45) is 0 Å². The van der Waals surface area contributed by atoms with Gasteiger partial charge >= 0.3 is 0 Å². The van der Waals surface area contributed by atoms with Crippen LogP contribution in [0.2, 0.25) is 0 Å². The number of rotatable bonds is 4. The average molecular weight is 387 g/mol. The number of nitrogens with one attached hydrogen (secondary N) is 1. The van der Waals surface area contributed by atoms with E-state index in [9.17, 15) is 14.4 Å². The van der Waals surface area contributed by atoms with Gasteiger partial charge in [0.05, 0.1) is 11.1 Å².